The zero-order valence-electron chi connectivity index (χ0n) is 18.5. The molecular weight excluding hydrogens is 404 g/mol. The molecule has 1 saturated heterocycles. The molecule has 8 heteroatoms. The highest BCUT2D eigenvalue weighted by Crippen LogP contribution is 2.20. The number of hydrogen-bond acceptors (Lipinski definition) is 6. The predicted octanol–water partition coefficient (Wildman–Crippen LogP) is 2.49. The molecule has 0 radical (unpaired) electrons. The number of carbonyl (C=O) groups is 1. The van der Waals surface area contributed by atoms with E-state index in [2.05, 4.69) is 54.2 Å². The zero-order valence-corrected chi connectivity index (χ0v) is 18.5. The van der Waals surface area contributed by atoms with Crippen molar-refractivity contribution >= 4 is 16.8 Å². The molecule has 0 bridgehead atoms. The lowest BCUT2D eigenvalue weighted by Crippen LogP contribution is -2.36. The molecule has 4 heterocycles. The van der Waals surface area contributed by atoms with E-state index in [9.17, 15) is 4.79 Å². The van der Waals surface area contributed by atoms with Crippen LogP contribution in [0.25, 0.3) is 10.9 Å². The minimum Gasteiger partial charge on any atom is -0.381 e. The van der Waals surface area contributed by atoms with Gasteiger partial charge in [0, 0.05) is 63.3 Å². The van der Waals surface area contributed by atoms with Crippen LogP contribution in [0.1, 0.15) is 43.0 Å². The average Bonchev–Trinajstić information content (AvgIpc) is 3.14. The minimum absolute atomic E-state index is 0.0328. The third kappa shape index (κ3) is 4.52. The van der Waals surface area contributed by atoms with Crippen molar-refractivity contribution in [1.82, 2.24) is 30.0 Å². The van der Waals surface area contributed by atoms with Crippen molar-refractivity contribution in [3.63, 3.8) is 0 Å². The van der Waals surface area contributed by atoms with Gasteiger partial charge in [-0.15, -0.1) is 10.2 Å². The van der Waals surface area contributed by atoms with Crippen molar-refractivity contribution in [2.75, 3.05) is 26.3 Å². The molecule has 1 aromatic carbocycles. The summed E-state index contributed by atoms with van der Waals surface area (Å²) in [7, 11) is 0. The van der Waals surface area contributed by atoms with Crippen molar-refractivity contribution in [2.24, 2.45) is 5.92 Å². The van der Waals surface area contributed by atoms with Crippen LogP contribution in [-0.4, -0.2) is 56.9 Å². The van der Waals surface area contributed by atoms with E-state index in [0.29, 0.717) is 13.2 Å². The number of ether oxygens (including phenoxy) is 1. The van der Waals surface area contributed by atoms with Gasteiger partial charge in [-0.05, 0) is 43.5 Å². The first kappa shape index (κ1) is 21.0. The number of amides is 1. The van der Waals surface area contributed by atoms with E-state index in [1.165, 1.54) is 10.9 Å². The van der Waals surface area contributed by atoms with Crippen LogP contribution < -0.4 is 5.32 Å². The summed E-state index contributed by atoms with van der Waals surface area (Å²) in [4.78, 5) is 19.5. The van der Waals surface area contributed by atoms with Gasteiger partial charge in [-0.3, -0.25) is 14.7 Å². The van der Waals surface area contributed by atoms with Gasteiger partial charge in [-0.25, -0.2) is 0 Å². The van der Waals surface area contributed by atoms with Gasteiger partial charge in [0.25, 0.3) is 0 Å². The SMILES string of the molecule is CC(NC(=O)C1CCOCC1)c1nnc2n1CCN(Cc1ccc3ncccc3c1)CC2. The maximum atomic E-state index is 12.7. The van der Waals surface area contributed by atoms with Crippen LogP contribution >= 0.6 is 0 Å². The van der Waals surface area contributed by atoms with Crippen molar-refractivity contribution in [3.05, 3.63) is 53.7 Å². The van der Waals surface area contributed by atoms with Gasteiger partial charge < -0.3 is 14.6 Å². The Kier molecular flexibility index (Phi) is 6.14. The first-order valence-corrected chi connectivity index (χ1v) is 11.5. The molecule has 0 saturated carbocycles. The number of carbonyl (C=O) groups excluding carboxylic acids is 1. The van der Waals surface area contributed by atoms with Crippen LogP contribution in [-0.2, 0) is 29.0 Å². The normalized spacial score (nSPS) is 18.8. The molecule has 2 aromatic heterocycles. The standard InChI is InChI=1S/C24H30N6O2/c1-17(26-24(31)19-7-13-32-14-8-19)23-28-27-22-6-10-29(11-12-30(22)23)16-18-4-5-21-20(15-18)3-2-9-25-21/h2-5,9,15,17,19H,6-8,10-14,16H2,1H3,(H,26,31). The average molecular weight is 435 g/mol. The quantitative estimate of drug-likeness (QED) is 0.664. The Hall–Kier alpha value is -2.84. The lowest BCUT2D eigenvalue weighted by molar-refractivity contribution is -0.128. The number of pyridine rings is 1. The summed E-state index contributed by atoms with van der Waals surface area (Å²) in [6.45, 7) is 6.90. The highest BCUT2D eigenvalue weighted by molar-refractivity contribution is 5.79. The van der Waals surface area contributed by atoms with Crippen LogP contribution in [0.2, 0.25) is 0 Å². The minimum atomic E-state index is -0.161. The van der Waals surface area contributed by atoms with Gasteiger partial charge in [0.1, 0.15) is 5.82 Å². The van der Waals surface area contributed by atoms with E-state index < -0.39 is 0 Å². The lowest BCUT2D eigenvalue weighted by Gasteiger charge is -2.23. The zero-order chi connectivity index (χ0) is 21.9. The van der Waals surface area contributed by atoms with E-state index in [-0.39, 0.29) is 17.9 Å². The first-order valence-electron chi connectivity index (χ1n) is 11.5. The summed E-state index contributed by atoms with van der Waals surface area (Å²) in [6.07, 6.45) is 4.26. The molecule has 3 aromatic rings. The number of aromatic nitrogens is 4. The molecule has 2 aliphatic rings. The number of nitrogens with zero attached hydrogens (tertiary/aromatic N) is 5. The summed E-state index contributed by atoms with van der Waals surface area (Å²) in [5, 5.41) is 13.2. The van der Waals surface area contributed by atoms with Gasteiger partial charge >= 0.3 is 0 Å². The Labute approximate surface area is 188 Å². The van der Waals surface area contributed by atoms with Crippen LogP contribution in [0, 0.1) is 5.92 Å². The smallest absolute Gasteiger partial charge is 0.223 e. The predicted molar refractivity (Wildman–Crippen MR) is 121 cm³/mol. The maximum Gasteiger partial charge on any atom is 0.223 e. The van der Waals surface area contributed by atoms with E-state index in [1.807, 2.05) is 19.2 Å². The molecule has 0 aliphatic carbocycles. The van der Waals surface area contributed by atoms with Crippen molar-refractivity contribution in [3.8, 4) is 0 Å². The molecule has 1 amide bonds. The number of nitrogens with one attached hydrogen (secondary N) is 1. The lowest BCUT2D eigenvalue weighted by atomic mass is 9.99. The first-order chi connectivity index (χ1) is 15.7. The summed E-state index contributed by atoms with van der Waals surface area (Å²) in [5.41, 5.74) is 2.32. The molecule has 32 heavy (non-hydrogen) atoms. The second kappa shape index (κ2) is 9.34. The van der Waals surface area contributed by atoms with Gasteiger partial charge in [0.05, 0.1) is 11.6 Å². The Morgan fingerprint density at radius 1 is 1.19 bits per heavy atom. The highest BCUT2D eigenvalue weighted by Gasteiger charge is 2.26. The molecule has 0 spiro atoms. The maximum absolute atomic E-state index is 12.7. The largest absolute Gasteiger partial charge is 0.381 e. The van der Waals surface area contributed by atoms with E-state index in [4.69, 9.17) is 4.74 Å². The fraction of sp³-hybridized carbons (Fsp3) is 0.500. The van der Waals surface area contributed by atoms with Crippen molar-refractivity contribution in [1.29, 1.82) is 0 Å². The van der Waals surface area contributed by atoms with Crippen molar-refractivity contribution < 1.29 is 9.53 Å². The number of benzene rings is 1. The summed E-state index contributed by atoms with van der Waals surface area (Å²) in [6, 6.07) is 10.4. The second-order valence-corrected chi connectivity index (χ2v) is 8.80. The van der Waals surface area contributed by atoms with Crippen LogP contribution in [0.5, 0.6) is 0 Å². The Balaban J connectivity index is 1.23. The molecule has 5 rings (SSSR count). The molecule has 1 fully saturated rings. The number of rotatable bonds is 5. The third-order valence-electron chi connectivity index (χ3n) is 6.56. The molecular formula is C24H30N6O2. The molecule has 1 unspecified atom stereocenters. The van der Waals surface area contributed by atoms with Crippen LogP contribution in [0.15, 0.2) is 36.5 Å². The van der Waals surface area contributed by atoms with Gasteiger partial charge in [0.2, 0.25) is 5.91 Å². The molecule has 1 N–H and O–H groups in total. The summed E-state index contributed by atoms with van der Waals surface area (Å²) in [5.74, 6) is 1.97. The van der Waals surface area contributed by atoms with Crippen molar-refractivity contribution in [2.45, 2.75) is 45.3 Å². The van der Waals surface area contributed by atoms with E-state index in [1.54, 1.807) is 0 Å². The Bertz CT molecular complexity index is 1090. The fourth-order valence-electron chi connectivity index (χ4n) is 4.70. The van der Waals surface area contributed by atoms with Crippen LogP contribution in [0.4, 0.5) is 0 Å². The topological polar surface area (TPSA) is 85.2 Å². The third-order valence-corrected chi connectivity index (χ3v) is 6.56. The number of hydrogen-bond donors (Lipinski definition) is 1. The number of fused-ring (bicyclic) bond motifs is 2. The molecule has 2 aliphatic heterocycles. The highest BCUT2D eigenvalue weighted by atomic mass is 16.5. The molecule has 1 atom stereocenters. The summed E-state index contributed by atoms with van der Waals surface area (Å²) >= 11 is 0. The molecule has 168 valence electrons. The fourth-order valence-corrected chi connectivity index (χ4v) is 4.70. The van der Waals surface area contributed by atoms with E-state index in [0.717, 1.165) is 62.6 Å². The van der Waals surface area contributed by atoms with Gasteiger partial charge in [-0.2, -0.15) is 0 Å². The van der Waals surface area contributed by atoms with E-state index >= 15 is 0 Å². The Morgan fingerprint density at radius 2 is 2.06 bits per heavy atom. The van der Waals surface area contributed by atoms with Gasteiger partial charge in [0.15, 0.2) is 5.82 Å². The Morgan fingerprint density at radius 3 is 2.94 bits per heavy atom. The monoisotopic (exact) mass is 434 g/mol. The van der Waals surface area contributed by atoms with Crippen LogP contribution in [0.3, 0.4) is 0 Å². The molecule has 8 nitrogen and oxygen atoms in total. The van der Waals surface area contributed by atoms with Gasteiger partial charge in [-0.1, -0.05) is 12.1 Å². The second-order valence-electron chi connectivity index (χ2n) is 8.80. The summed E-state index contributed by atoms with van der Waals surface area (Å²) < 4.78 is 7.57.